The van der Waals surface area contributed by atoms with E-state index in [2.05, 4.69) is 10.6 Å². The summed E-state index contributed by atoms with van der Waals surface area (Å²) in [5.41, 5.74) is 1.81. The average Bonchev–Trinajstić information content (AvgIpc) is 3.29. The number of hydrogen-bond donors (Lipinski definition) is 2. The van der Waals surface area contributed by atoms with Crippen molar-refractivity contribution in [3.05, 3.63) is 54.1 Å². The molecule has 2 aromatic carbocycles. The van der Waals surface area contributed by atoms with E-state index in [1.807, 2.05) is 30.3 Å². The fourth-order valence-electron chi connectivity index (χ4n) is 4.58. The van der Waals surface area contributed by atoms with Crippen LogP contribution in [0, 0.1) is 0 Å². The molecule has 0 atom stereocenters. The molecular weight excluding hydrogens is 422 g/mol. The molecule has 2 saturated heterocycles. The molecule has 0 saturated carbocycles. The second kappa shape index (κ2) is 10.0. The molecule has 8 heteroatoms. The van der Waals surface area contributed by atoms with Gasteiger partial charge in [-0.2, -0.15) is 0 Å². The van der Waals surface area contributed by atoms with Crippen LogP contribution in [-0.2, 0) is 24.5 Å². The fraction of sp³-hybridized carbons (Fsp3) is 0.400. The number of para-hydroxylation sites is 1. The van der Waals surface area contributed by atoms with Crippen LogP contribution in [0.2, 0.25) is 0 Å². The number of hydrogen-bond acceptors (Lipinski definition) is 5. The molecule has 2 N–H and O–H groups in total. The average molecular weight is 452 g/mol. The van der Waals surface area contributed by atoms with E-state index in [1.165, 1.54) is 0 Å². The van der Waals surface area contributed by atoms with Gasteiger partial charge in [-0.3, -0.25) is 14.4 Å². The summed E-state index contributed by atoms with van der Waals surface area (Å²) in [6.07, 6.45) is 2.76. The predicted molar refractivity (Wildman–Crippen MR) is 124 cm³/mol. The van der Waals surface area contributed by atoms with Crippen molar-refractivity contribution >= 4 is 29.1 Å². The van der Waals surface area contributed by atoms with Gasteiger partial charge < -0.3 is 25.0 Å². The first-order chi connectivity index (χ1) is 16.0. The lowest BCUT2D eigenvalue weighted by Crippen LogP contribution is -2.47. The van der Waals surface area contributed by atoms with E-state index in [0.29, 0.717) is 56.9 Å². The number of carbonyl (C=O) groups is 3. The van der Waals surface area contributed by atoms with Crippen LogP contribution in [0.5, 0.6) is 5.75 Å². The lowest BCUT2D eigenvalue weighted by atomic mass is 9.73. The first kappa shape index (κ1) is 22.8. The summed E-state index contributed by atoms with van der Waals surface area (Å²) in [6.45, 7) is 2.10. The second-order valence-electron chi connectivity index (χ2n) is 8.43. The number of rotatable bonds is 6. The minimum Gasteiger partial charge on any atom is -0.496 e. The molecule has 0 spiro atoms. The number of benzene rings is 2. The molecule has 4 rings (SSSR count). The lowest BCUT2D eigenvalue weighted by molar-refractivity contribution is -0.136. The van der Waals surface area contributed by atoms with E-state index in [9.17, 15) is 14.4 Å². The molecule has 2 aliphatic heterocycles. The molecule has 0 aliphatic carbocycles. The van der Waals surface area contributed by atoms with Crippen LogP contribution < -0.4 is 20.3 Å². The van der Waals surface area contributed by atoms with Crippen LogP contribution in [0.3, 0.4) is 0 Å². The molecule has 0 aromatic heterocycles. The molecule has 0 radical (unpaired) electrons. The molecule has 8 nitrogen and oxygen atoms in total. The van der Waals surface area contributed by atoms with E-state index in [4.69, 9.17) is 9.47 Å². The van der Waals surface area contributed by atoms with Crippen LogP contribution in [0.4, 0.5) is 11.4 Å². The Bertz CT molecular complexity index is 1030. The van der Waals surface area contributed by atoms with Crippen molar-refractivity contribution in [3.63, 3.8) is 0 Å². The first-order valence-corrected chi connectivity index (χ1v) is 11.2. The molecule has 0 unspecified atom stereocenters. The number of nitrogens with one attached hydrogen (secondary N) is 2. The molecule has 174 valence electrons. The van der Waals surface area contributed by atoms with Gasteiger partial charge in [-0.1, -0.05) is 24.3 Å². The highest BCUT2D eigenvalue weighted by molar-refractivity contribution is 6.39. The lowest BCUT2D eigenvalue weighted by Gasteiger charge is -2.38. The van der Waals surface area contributed by atoms with E-state index in [1.54, 1.807) is 30.2 Å². The van der Waals surface area contributed by atoms with Gasteiger partial charge in [-0.05, 0) is 43.5 Å². The zero-order valence-electron chi connectivity index (χ0n) is 18.8. The van der Waals surface area contributed by atoms with Gasteiger partial charge in [0.15, 0.2) is 0 Å². The number of anilines is 2. The maximum absolute atomic E-state index is 12.7. The van der Waals surface area contributed by atoms with Crippen LogP contribution in [0.15, 0.2) is 48.5 Å². The van der Waals surface area contributed by atoms with Crippen molar-refractivity contribution in [1.82, 2.24) is 5.32 Å². The minimum atomic E-state index is -0.748. The van der Waals surface area contributed by atoms with Crippen molar-refractivity contribution in [2.75, 3.05) is 43.6 Å². The Labute approximate surface area is 193 Å². The Balaban J connectivity index is 1.43. The third-order valence-corrected chi connectivity index (χ3v) is 6.41. The fourth-order valence-corrected chi connectivity index (χ4v) is 4.58. The second-order valence-corrected chi connectivity index (χ2v) is 8.43. The van der Waals surface area contributed by atoms with Crippen molar-refractivity contribution in [2.24, 2.45) is 0 Å². The van der Waals surface area contributed by atoms with Crippen molar-refractivity contribution in [3.8, 4) is 5.75 Å². The Hall–Kier alpha value is -3.39. The summed E-state index contributed by atoms with van der Waals surface area (Å²) in [5.74, 6) is -0.638. The van der Waals surface area contributed by atoms with Crippen molar-refractivity contribution in [2.45, 2.75) is 31.1 Å². The SMILES string of the molecule is COc1ccccc1C1(CNC(=O)C(=O)Nc2cccc(N3CCCC3=O)c2)CCOCC1. The molecule has 3 amide bonds. The quantitative estimate of drug-likeness (QED) is 0.658. The Morgan fingerprint density at radius 2 is 1.88 bits per heavy atom. The summed E-state index contributed by atoms with van der Waals surface area (Å²) < 4.78 is 11.1. The van der Waals surface area contributed by atoms with Gasteiger partial charge in [-0.25, -0.2) is 0 Å². The highest BCUT2D eigenvalue weighted by Crippen LogP contribution is 2.39. The molecular formula is C25H29N3O5. The summed E-state index contributed by atoms with van der Waals surface area (Å²) in [4.78, 5) is 38.9. The Morgan fingerprint density at radius 3 is 2.61 bits per heavy atom. The summed E-state index contributed by atoms with van der Waals surface area (Å²) in [5, 5.41) is 5.46. The molecule has 33 heavy (non-hydrogen) atoms. The van der Waals surface area contributed by atoms with Crippen LogP contribution in [0.1, 0.15) is 31.2 Å². The topological polar surface area (TPSA) is 97.0 Å². The van der Waals surface area contributed by atoms with E-state index >= 15 is 0 Å². The third kappa shape index (κ3) is 5.01. The standard InChI is InChI=1S/C25H29N3O5/c1-32-21-9-3-2-8-20(21)25(11-14-33-15-12-25)17-26-23(30)24(31)27-18-6-4-7-19(16-18)28-13-5-10-22(28)29/h2-4,6-9,16H,5,10-15,17H2,1H3,(H,26,30)(H,27,31). The van der Waals surface area contributed by atoms with Crippen LogP contribution in [-0.4, -0.2) is 51.1 Å². The van der Waals surface area contributed by atoms with Gasteiger partial charge in [0, 0.05) is 55.1 Å². The smallest absolute Gasteiger partial charge is 0.313 e. The van der Waals surface area contributed by atoms with E-state index < -0.39 is 11.8 Å². The van der Waals surface area contributed by atoms with Crippen molar-refractivity contribution in [1.29, 1.82) is 0 Å². The van der Waals surface area contributed by atoms with Crippen LogP contribution in [0.25, 0.3) is 0 Å². The largest absolute Gasteiger partial charge is 0.496 e. The highest BCUT2D eigenvalue weighted by atomic mass is 16.5. The van der Waals surface area contributed by atoms with Gasteiger partial charge in [0.1, 0.15) is 5.75 Å². The predicted octanol–water partition coefficient (Wildman–Crippen LogP) is 2.63. The maximum Gasteiger partial charge on any atom is 0.313 e. The number of amides is 3. The van der Waals surface area contributed by atoms with Crippen LogP contribution >= 0.6 is 0 Å². The van der Waals surface area contributed by atoms with Gasteiger partial charge in [0.25, 0.3) is 0 Å². The van der Waals surface area contributed by atoms with Gasteiger partial charge in [0.05, 0.1) is 7.11 Å². The molecule has 2 fully saturated rings. The van der Waals surface area contributed by atoms with E-state index in [0.717, 1.165) is 17.7 Å². The van der Waals surface area contributed by atoms with Gasteiger partial charge in [-0.15, -0.1) is 0 Å². The zero-order valence-corrected chi connectivity index (χ0v) is 18.8. The Kier molecular flexibility index (Phi) is 6.93. The monoisotopic (exact) mass is 451 g/mol. The minimum absolute atomic E-state index is 0.0642. The number of carbonyl (C=O) groups excluding carboxylic acids is 3. The van der Waals surface area contributed by atoms with E-state index in [-0.39, 0.29) is 11.3 Å². The summed E-state index contributed by atoms with van der Waals surface area (Å²) in [7, 11) is 1.63. The molecule has 2 heterocycles. The first-order valence-electron chi connectivity index (χ1n) is 11.2. The molecule has 0 bridgehead atoms. The number of ether oxygens (including phenoxy) is 2. The number of methoxy groups -OCH3 is 1. The highest BCUT2D eigenvalue weighted by Gasteiger charge is 2.37. The molecule has 2 aromatic rings. The van der Waals surface area contributed by atoms with Crippen molar-refractivity contribution < 1.29 is 23.9 Å². The third-order valence-electron chi connectivity index (χ3n) is 6.41. The number of nitrogens with zero attached hydrogens (tertiary/aromatic N) is 1. The van der Waals surface area contributed by atoms with Gasteiger partial charge in [0.2, 0.25) is 5.91 Å². The Morgan fingerprint density at radius 1 is 1.09 bits per heavy atom. The van der Waals surface area contributed by atoms with Gasteiger partial charge >= 0.3 is 11.8 Å². The summed E-state index contributed by atoms with van der Waals surface area (Å²) in [6, 6.07) is 14.7. The normalized spacial score (nSPS) is 17.5. The maximum atomic E-state index is 12.7. The summed E-state index contributed by atoms with van der Waals surface area (Å²) >= 11 is 0. The zero-order chi connectivity index (χ0) is 23.3. The molecule has 2 aliphatic rings.